The molecule has 0 saturated heterocycles. The van der Waals surface area contributed by atoms with E-state index in [-0.39, 0.29) is 11.6 Å². The van der Waals surface area contributed by atoms with Crippen molar-refractivity contribution in [2.24, 2.45) is 10.8 Å². The molecule has 0 atom stereocenters. The number of nitrogens with one attached hydrogen (secondary N) is 2. The summed E-state index contributed by atoms with van der Waals surface area (Å²) >= 11 is 0. The predicted octanol–water partition coefficient (Wildman–Crippen LogP) is 4.87. The van der Waals surface area contributed by atoms with E-state index in [1.165, 1.54) is 19.3 Å². The molecule has 24 heavy (non-hydrogen) atoms. The number of ether oxygens (including phenoxy) is 1. The lowest BCUT2D eigenvalue weighted by Gasteiger charge is -2.45. The van der Waals surface area contributed by atoms with Crippen LogP contribution in [0.2, 0.25) is 0 Å². The molecule has 1 fully saturated rings. The van der Waals surface area contributed by atoms with E-state index in [0.717, 1.165) is 13.0 Å². The Morgan fingerprint density at radius 1 is 1.04 bits per heavy atom. The molecule has 1 aliphatic rings. The lowest BCUT2D eigenvalue weighted by molar-refractivity contribution is 0.0466. The molecule has 4 nitrogen and oxygen atoms in total. The van der Waals surface area contributed by atoms with Gasteiger partial charge in [0.1, 0.15) is 5.60 Å². The van der Waals surface area contributed by atoms with Gasteiger partial charge in [-0.1, -0.05) is 27.7 Å². The van der Waals surface area contributed by atoms with Crippen LogP contribution in [0.25, 0.3) is 0 Å². The van der Waals surface area contributed by atoms with E-state index in [1.807, 2.05) is 34.6 Å². The van der Waals surface area contributed by atoms with Crippen molar-refractivity contribution in [1.29, 1.82) is 0 Å². The number of hydrogen-bond acceptors (Lipinski definition) is 3. The van der Waals surface area contributed by atoms with Gasteiger partial charge in [0.2, 0.25) is 0 Å². The highest BCUT2D eigenvalue weighted by molar-refractivity contribution is 5.68. The maximum atomic E-state index is 12.0. The van der Waals surface area contributed by atoms with E-state index in [9.17, 15) is 4.79 Å². The van der Waals surface area contributed by atoms with Gasteiger partial charge < -0.3 is 15.4 Å². The normalized spacial score (nSPS) is 21.4. The summed E-state index contributed by atoms with van der Waals surface area (Å²) < 4.78 is 5.35. The average molecular weight is 341 g/mol. The summed E-state index contributed by atoms with van der Waals surface area (Å²) in [5, 5.41) is 6.70. The Labute approximate surface area is 149 Å². The van der Waals surface area contributed by atoms with Crippen LogP contribution in [0.3, 0.4) is 0 Å². The van der Waals surface area contributed by atoms with Gasteiger partial charge in [-0.25, -0.2) is 4.79 Å². The van der Waals surface area contributed by atoms with E-state index in [1.54, 1.807) is 0 Å². The maximum Gasteiger partial charge on any atom is 0.408 e. The van der Waals surface area contributed by atoms with E-state index in [4.69, 9.17) is 4.74 Å². The van der Waals surface area contributed by atoms with Crippen molar-refractivity contribution >= 4 is 6.09 Å². The van der Waals surface area contributed by atoms with Gasteiger partial charge in [-0.05, 0) is 77.7 Å². The summed E-state index contributed by atoms with van der Waals surface area (Å²) in [6.45, 7) is 20.1. The SMILES string of the molecule is CC1(C)CC(NCCC(C)(C)NC(=O)OC(C)(C)C)CC(C)(C)C1. The minimum atomic E-state index is -0.461. The fourth-order valence-corrected chi connectivity index (χ4v) is 4.22. The van der Waals surface area contributed by atoms with Crippen LogP contribution in [0.5, 0.6) is 0 Å². The van der Waals surface area contributed by atoms with Crippen LogP contribution in [0.15, 0.2) is 0 Å². The number of carbonyl (C=O) groups excluding carboxylic acids is 1. The molecule has 142 valence electrons. The highest BCUT2D eigenvalue weighted by Crippen LogP contribution is 2.45. The molecule has 4 heteroatoms. The number of rotatable bonds is 5. The Morgan fingerprint density at radius 3 is 2.00 bits per heavy atom. The van der Waals surface area contributed by atoms with Crippen molar-refractivity contribution in [2.75, 3.05) is 6.54 Å². The molecule has 0 aliphatic heterocycles. The molecule has 0 unspecified atom stereocenters. The Kier molecular flexibility index (Phi) is 6.41. The third-order valence-electron chi connectivity index (χ3n) is 4.58. The quantitative estimate of drug-likeness (QED) is 0.750. The van der Waals surface area contributed by atoms with Gasteiger partial charge in [-0.15, -0.1) is 0 Å². The summed E-state index contributed by atoms with van der Waals surface area (Å²) in [6, 6.07) is 0.557. The van der Waals surface area contributed by atoms with Gasteiger partial charge >= 0.3 is 6.09 Å². The average Bonchev–Trinajstić information content (AvgIpc) is 2.19. The lowest BCUT2D eigenvalue weighted by Crippen LogP contribution is -2.49. The van der Waals surface area contributed by atoms with E-state index >= 15 is 0 Å². The van der Waals surface area contributed by atoms with Crippen LogP contribution in [0, 0.1) is 10.8 Å². The fourth-order valence-electron chi connectivity index (χ4n) is 4.22. The minimum Gasteiger partial charge on any atom is -0.444 e. The molecular weight excluding hydrogens is 300 g/mol. The van der Waals surface area contributed by atoms with Crippen molar-refractivity contribution in [3.63, 3.8) is 0 Å². The number of carbonyl (C=O) groups is 1. The van der Waals surface area contributed by atoms with Crippen molar-refractivity contribution in [3.8, 4) is 0 Å². The van der Waals surface area contributed by atoms with Crippen LogP contribution >= 0.6 is 0 Å². The number of alkyl carbamates (subject to hydrolysis) is 1. The third kappa shape index (κ3) is 8.36. The van der Waals surface area contributed by atoms with Gasteiger partial charge in [0, 0.05) is 11.6 Å². The van der Waals surface area contributed by atoms with Gasteiger partial charge in [-0.3, -0.25) is 0 Å². The highest BCUT2D eigenvalue weighted by atomic mass is 16.6. The molecule has 0 heterocycles. The topological polar surface area (TPSA) is 50.4 Å². The maximum absolute atomic E-state index is 12.0. The first-order valence-electron chi connectivity index (χ1n) is 9.34. The molecule has 0 radical (unpaired) electrons. The minimum absolute atomic E-state index is 0.283. The highest BCUT2D eigenvalue weighted by Gasteiger charge is 2.38. The molecule has 0 aromatic heterocycles. The molecule has 0 aromatic carbocycles. The van der Waals surface area contributed by atoms with Gasteiger partial charge in [0.25, 0.3) is 0 Å². The monoisotopic (exact) mass is 340 g/mol. The van der Waals surface area contributed by atoms with Crippen molar-refractivity contribution in [2.45, 2.75) is 105 Å². The molecular formula is C20H40N2O2. The lowest BCUT2D eigenvalue weighted by atomic mass is 9.63. The molecule has 2 N–H and O–H groups in total. The predicted molar refractivity (Wildman–Crippen MR) is 101 cm³/mol. The molecule has 1 saturated carbocycles. The molecule has 0 aromatic rings. The Bertz CT molecular complexity index is 417. The molecule has 1 aliphatic carbocycles. The summed E-state index contributed by atoms with van der Waals surface area (Å²) in [6.07, 6.45) is 4.26. The van der Waals surface area contributed by atoms with Crippen LogP contribution in [0.1, 0.15) is 88.0 Å². The Hall–Kier alpha value is -0.770. The van der Waals surface area contributed by atoms with Crippen molar-refractivity contribution in [1.82, 2.24) is 10.6 Å². The third-order valence-corrected chi connectivity index (χ3v) is 4.58. The molecule has 1 rings (SSSR count). The zero-order valence-electron chi connectivity index (χ0n) is 17.4. The fraction of sp³-hybridized carbons (Fsp3) is 0.950. The second-order valence-electron chi connectivity index (χ2n) is 10.8. The zero-order valence-corrected chi connectivity index (χ0v) is 17.4. The second kappa shape index (κ2) is 7.23. The summed E-state index contributed by atoms with van der Waals surface area (Å²) in [7, 11) is 0. The van der Waals surface area contributed by atoms with Gasteiger partial charge in [-0.2, -0.15) is 0 Å². The van der Waals surface area contributed by atoms with Gasteiger partial charge in [0.15, 0.2) is 0 Å². The van der Waals surface area contributed by atoms with E-state index in [2.05, 4.69) is 38.3 Å². The van der Waals surface area contributed by atoms with Crippen LogP contribution < -0.4 is 10.6 Å². The van der Waals surface area contributed by atoms with E-state index < -0.39 is 5.60 Å². The van der Waals surface area contributed by atoms with Gasteiger partial charge in [0.05, 0.1) is 0 Å². The second-order valence-corrected chi connectivity index (χ2v) is 10.8. The van der Waals surface area contributed by atoms with E-state index in [0.29, 0.717) is 16.9 Å². The first-order chi connectivity index (χ1) is 10.6. The first-order valence-corrected chi connectivity index (χ1v) is 9.34. The summed E-state index contributed by atoms with van der Waals surface area (Å²) in [4.78, 5) is 12.0. The smallest absolute Gasteiger partial charge is 0.408 e. The molecule has 1 amide bonds. The first kappa shape index (κ1) is 21.3. The Balaban J connectivity index is 2.44. The number of amides is 1. The van der Waals surface area contributed by atoms with Crippen LogP contribution in [-0.2, 0) is 4.74 Å². The van der Waals surface area contributed by atoms with Crippen LogP contribution in [-0.4, -0.2) is 29.8 Å². The Morgan fingerprint density at radius 2 is 1.54 bits per heavy atom. The molecule has 0 bridgehead atoms. The molecule has 0 spiro atoms. The van der Waals surface area contributed by atoms with Crippen molar-refractivity contribution < 1.29 is 9.53 Å². The largest absolute Gasteiger partial charge is 0.444 e. The standard InChI is InChI=1S/C20H40N2O2/c1-17(2,3)24-16(23)22-20(8,9)10-11-21-15-12-18(4,5)14-19(6,7)13-15/h15,21H,10-14H2,1-9H3,(H,22,23). The summed E-state index contributed by atoms with van der Waals surface area (Å²) in [5.74, 6) is 0. The summed E-state index contributed by atoms with van der Waals surface area (Å²) in [5.41, 5.74) is 0.0418. The van der Waals surface area contributed by atoms with Crippen molar-refractivity contribution in [3.05, 3.63) is 0 Å². The number of hydrogen-bond donors (Lipinski definition) is 2. The zero-order chi connectivity index (χ0) is 18.8. The van der Waals surface area contributed by atoms with Crippen LogP contribution in [0.4, 0.5) is 4.79 Å².